The van der Waals surface area contributed by atoms with Gasteiger partial charge in [-0.05, 0) is 30.5 Å². The quantitative estimate of drug-likeness (QED) is 0.0654. The van der Waals surface area contributed by atoms with Gasteiger partial charge in [0.1, 0.15) is 5.69 Å². The van der Waals surface area contributed by atoms with Gasteiger partial charge in [0.15, 0.2) is 46.5 Å². The van der Waals surface area contributed by atoms with Gasteiger partial charge in [-0.15, -0.1) is 0 Å². The van der Waals surface area contributed by atoms with Crippen LogP contribution >= 0.6 is 0 Å². The summed E-state index contributed by atoms with van der Waals surface area (Å²) >= 11 is 0. The van der Waals surface area contributed by atoms with Crippen molar-refractivity contribution < 1.29 is 65.9 Å². The summed E-state index contributed by atoms with van der Waals surface area (Å²) in [5.74, 6) is -39.5. The number of hydrogen-bond acceptors (Lipinski definition) is 1. The van der Waals surface area contributed by atoms with E-state index in [4.69, 9.17) is 0 Å². The smallest absolute Gasteiger partial charge is 0.226 e. The van der Waals surface area contributed by atoms with Crippen LogP contribution < -0.4 is 9.38 Å². The van der Waals surface area contributed by atoms with Gasteiger partial charge in [0.05, 0.1) is 30.8 Å². The van der Waals surface area contributed by atoms with Crippen LogP contribution in [0.15, 0.2) is 42.5 Å². The molecule has 0 aliphatic carbocycles. The van der Waals surface area contributed by atoms with Crippen molar-refractivity contribution in [2.24, 2.45) is 0 Å². The molecule has 2 nitrogen and oxygen atoms in total. The van der Waals surface area contributed by atoms with Gasteiger partial charge < -0.3 is 4.90 Å². The summed E-state index contributed by atoms with van der Waals surface area (Å²) in [5, 5.41) is 0. The number of hydrogen-bond donors (Lipinski definition) is 0. The number of benzene rings is 5. The Morgan fingerprint density at radius 3 is 1.16 bits per heavy atom. The molecule has 0 aliphatic rings. The van der Waals surface area contributed by atoms with Gasteiger partial charge in [-0.2, -0.15) is 8.78 Å². The summed E-state index contributed by atoms with van der Waals surface area (Å²) in [5.41, 5.74) is -9.20. The van der Waals surface area contributed by atoms with Crippen molar-refractivity contribution >= 4 is 17.1 Å². The van der Waals surface area contributed by atoms with Gasteiger partial charge in [0.2, 0.25) is 46.4 Å². The van der Waals surface area contributed by atoms with E-state index in [9.17, 15) is 39.5 Å². The fourth-order valence-electron chi connectivity index (χ4n) is 5.79. The number of halogens is 15. The van der Waals surface area contributed by atoms with Crippen molar-refractivity contribution in [3.63, 3.8) is 0 Å². The standard InChI is InChI=1S/C30H17F15N.C8H11N/c1-4-5-6-9-7-8-10(46(2,3)30-28(44)26(42)25(41)27(43)29(30)45)12(14-17(33)21(37)24(40)22(38)18(14)34)11(9)13-15(31)19(35)23(39)20(36)16(13)32;1-9(2)8-6-4-3-5-7-8/h7-8H,4-6H2,1-3H3;3-7H,1-2H3/q+1;. The molecule has 0 radical (unpaired) electrons. The maximum Gasteiger partial charge on any atom is 0.226 e. The lowest BCUT2D eigenvalue weighted by Gasteiger charge is -2.33. The zero-order chi connectivity index (χ0) is 41.4. The number of para-hydroxylation sites is 1. The van der Waals surface area contributed by atoms with E-state index >= 15 is 26.3 Å². The summed E-state index contributed by atoms with van der Waals surface area (Å²) in [6.07, 6.45) is -0.138. The number of unbranched alkanes of at least 4 members (excludes halogenated alkanes) is 1. The van der Waals surface area contributed by atoms with Crippen LogP contribution in [0.2, 0.25) is 0 Å². The van der Waals surface area contributed by atoms with Crippen molar-refractivity contribution in [2.75, 3.05) is 33.1 Å². The van der Waals surface area contributed by atoms with Gasteiger partial charge in [-0.3, -0.25) is 4.48 Å². The third-order valence-corrected chi connectivity index (χ3v) is 8.61. The molecule has 0 spiro atoms. The highest BCUT2D eigenvalue weighted by molar-refractivity contribution is 5.95. The molecule has 5 rings (SSSR count). The zero-order valence-electron chi connectivity index (χ0n) is 29.2. The zero-order valence-corrected chi connectivity index (χ0v) is 29.2. The Hall–Kier alpha value is -5.19. The second-order valence-electron chi connectivity index (χ2n) is 12.6. The average Bonchev–Trinajstić information content (AvgIpc) is 3.16. The summed E-state index contributed by atoms with van der Waals surface area (Å²) in [7, 11) is 5.26. The third kappa shape index (κ3) is 7.45. The predicted octanol–water partition coefficient (Wildman–Crippen LogP) is 12.1. The van der Waals surface area contributed by atoms with E-state index in [0.29, 0.717) is 20.2 Å². The van der Waals surface area contributed by atoms with Crippen molar-refractivity contribution in [1.82, 2.24) is 4.48 Å². The Kier molecular flexibility index (Phi) is 12.6. The Morgan fingerprint density at radius 2 is 0.800 bits per heavy atom. The van der Waals surface area contributed by atoms with Crippen molar-refractivity contribution in [1.29, 1.82) is 0 Å². The number of anilines is 1. The summed E-state index contributed by atoms with van der Waals surface area (Å²) in [6, 6.07) is 11.7. The molecule has 17 heteroatoms. The van der Waals surface area contributed by atoms with Crippen LogP contribution in [-0.4, -0.2) is 28.2 Å². The Balaban J connectivity index is 0.000000654. The summed E-state index contributed by atoms with van der Waals surface area (Å²) in [4.78, 5) is 2.08. The van der Waals surface area contributed by atoms with Crippen molar-refractivity contribution in [3.8, 4) is 22.3 Å². The fourth-order valence-corrected chi connectivity index (χ4v) is 5.79. The van der Waals surface area contributed by atoms with Crippen LogP contribution in [-0.2, 0) is 6.42 Å². The molecule has 0 aliphatic heterocycles. The second-order valence-corrected chi connectivity index (χ2v) is 12.6. The molecule has 294 valence electrons. The van der Waals surface area contributed by atoms with E-state index < -0.39 is 137 Å². The van der Waals surface area contributed by atoms with Crippen LogP contribution in [0.1, 0.15) is 25.3 Å². The third-order valence-electron chi connectivity index (χ3n) is 8.61. The molecule has 0 N–H and O–H groups in total. The number of aryl methyl sites for hydroxylation is 1. The van der Waals surface area contributed by atoms with Gasteiger partial charge in [0.25, 0.3) is 0 Å². The normalized spacial score (nSPS) is 11.5. The van der Waals surface area contributed by atoms with Crippen LogP contribution in [0.5, 0.6) is 0 Å². The molecule has 0 atom stereocenters. The molecule has 0 saturated carbocycles. The SMILES string of the molecule is CCCCc1ccc([N+](C)(C)c2c(F)c(F)c(F)c(F)c2F)c(-c2c(F)c(F)c(F)c(F)c2F)c1-c1c(F)c(F)c(F)c(F)c1F.CN(C)c1ccccc1. The first kappa shape index (κ1) is 42.6. The Labute approximate surface area is 304 Å². The van der Waals surface area contributed by atoms with Crippen LogP contribution in [0.3, 0.4) is 0 Å². The van der Waals surface area contributed by atoms with E-state index in [1.807, 2.05) is 32.3 Å². The van der Waals surface area contributed by atoms with Crippen LogP contribution in [0, 0.1) is 87.3 Å². The first-order chi connectivity index (χ1) is 25.6. The van der Waals surface area contributed by atoms with Crippen LogP contribution in [0.25, 0.3) is 22.3 Å². The fraction of sp³-hybridized carbons (Fsp3) is 0.211. The first-order valence-electron chi connectivity index (χ1n) is 15.9. The molecule has 0 bridgehead atoms. The highest BCUT2D eigenvalue weighted by Gasteiger charge is 2.43. The molecular formula is C38H28F15N2+. The van der Waals surface area contributed by atoms with Crippen molar-refractivity contribution in [2.45, 2.75) is 26.2 Å². The monoisotopic (exact) mass is 797 g/mol. The molecule has 0 unspecified atom stereocenters. The van der Waals surface area contributed by atoms with Gasteiger partial charge in [0, 0.05) is 31.4 Å². The highest BCUT2D eigenvalue weighted by Crippen LogP contribution is 2.51. The van der Waals surface area contributed by atoms with Gasteiger partial charge >= 0.3 is 0 Å². The highest BCUT2D eigenvalue weighted by atomic mass is 19.2. The lowest BCUT2D eigenvalue weighted by Crippen LogP contribution is -2.38. The molecule has 5 aromatic carbocycles. The lowest BCUT2D eigenvalue weighted by molar-refractivity contribution is 0.359. The summed E-state index contributed by atoms with van der Waals surface area (Å²) < 4.78 is 219. The predicted molar refractivity (Wildman–Crippen MR) is 176 cm³/mol. The molecular weight excluding hydrogens is 769 g/mol. The molecule has 55 heavy (non-hydrogen) atoms. The first-order valence-corrected chi connectivity index (χ1v) is 15.9. The van der Waals surface area contributed by atoms with E-state index in [1.54, 1.807) is 6.92 Å². The summed E-state index contributed by atoms with van der Waals surface area (Å²) in [6.45, 7) is 1.56. The van der Waals surface area contributed by atoms with E-state index in [1.165, 1.54) is 5.69 Å². The maximum atomic E-state index is 15.5. The molecule has 0 saturated heterocycles. The number of nitrogens with zero attached hydrogens (tertiary/aromatic N) is 2. The van der Waals surface area contributed by atoms with Gasteiger partial charge in [-0.25, -0.2) is 57.1 Å². The Morgan fingerprint density at radius 1 is 0.436 bits per heavy atom. The van der Waals surface area contributed by atoms with Gasteiger partial charge in [-0.1, -0.05) is 37.6 Å². The molecule has 5 aromatic rings. The minimum absolute atomic E-state index is 0.0220. The van der Waals surface area contributed by atoms with E-state index in [-0.39, 0.29) is 12.8 Å². The van der Waals surface area contributed by atoms with Crippen LogP contribution in [0.4, 0.5) is 82.9 Å². The average molecular weight is 798 g/mol. The van der Waals surface area contributed by atoms with E-state index in [2.05, 4.69) is 17.0 Å². The molecule has 0 fully saturated rings. The lowest BCUT2D eigenvalue weighted by atomic mass is 9.85. The Bertz CT molecular complexity index is 2190. The number of quaternary nitrogens is 1. The second kappa shape index (κ2) is 16.3. The largest absolute Gasteiger partial charge is 0.378 e. The minimum atomic E-state index is -2.75. The topological polar surface area (TPSA) is 3.24 Å². The molecule has 0 heterocycles. The minimum Gasteiger partial charge on any atom is -0.378 e. The van der Waals surface area contributed by atoms with E-state index in [0.717, 1.165) is 6.07 Å². The molecule has 0 amide bonds. The molecule has 0 aromatic heterocycles. The number of rotatable bonds is 8. The maximum absolute atomic E-state index is 15.5. The van der Waals surface area contributed by atoms with Crippen molar-refractivity contribution in [3.05, 3.63) is 135 Å².